The van der Waals surface area contributed by atoms with E-state index in [9.17, 15) is 4.79 Å². The number of hydrogen-bond donors (Lipinski definition) is 1. The molecule has 0 aliphatic carbocycles. The van der Waals surface area contributed by atoms with E-state index in [-0.39, 0.29) is 5.69 Å². The number of ether oxygens (including phenoxy) is 1. The molecule has 2 N–H and O–H groups in total. The Hall–Kier alpha value is -2.53. The number of imidazole rings is 1. The molecule has 0 unspecified atom stereocenters. The van der Waals surface area contributed by atoms with E-state index in [4.69, 9.17) is 4.74 Å². The van der Waals surface area contributed by atoms with E-state index < -0.39 is 0 Å². The van der Waals surface area contributed by atoms with Gasteiger partial charge in [-0.2, -0.15) is 0 Å². The van der Waals surface area contributed by atoms with Crippen LogP contribution in [0, 0.1) is 0 Å². The van der Waals surface area contributed by atoms with E-state index in [0.717, 1.165) is 29.9 Å². The van der Waals surface area contributed by atoms with Crippen LogP contribution in [0.25, 0.3) is 11.0 Å². The zero-order valence-corrected chi connectivity index (χ0v) is 13.7. The third-order valence-electron chi connectivity index (χ3n) is 4.26. The minimum atomic E-state index is 0.0133. The van der Waals surface area contributed by atoms with Crippen LogP contribution in [0.2, 0.25) is 0 Å². The van der Waals surface area contributed by atoms with Gasteiger partial charge in [0.1, 0.15) is 18.8 Å². The molecule has 3 rings (SSSR count). The molecule has 0 amide bonds. The van der Waals surface area contributed by atoms with Crippen molar-refractivity contribution < 1.29 is 10.1 Å². The Kier molecular flexibility index (Phi) is 4.21. The second kappa shape index (κ2) is 6.30. The maximum Gasteiger partial charge on any atom is 0.328 e. The van der Waals surface area contributed by atoms with Crippen LogP contribution >= 0.6 is 0 Å². The van der Waals surface area contributed by atoms with Crippen molar-refractivity contribution in [1.29, 1.82) is 0 Å². The Morgan fingerprint density at radius 2 is 1.52 bits per heavy atom. The highest BCUT2D eigenvalue weighted by Gasteiger charge is 2.08. The summed E-state index contributed by atoms with van der Waals surface area (Å²) >= 11 is 0. The minimum absolute atomic E-state index is 0.0133. The summed E-state index contributed by atoms with van der Waals surface area (Å²) in [6.07, 6.45) is 0. The van der Waals surface area contributed by atoms with E-state index in [1.807, 2.05) is 25.2 Å². The highest BCUT2D eigenvalue weighted by Crippen LogP contribution is 2.13. The van der Waals surface area contributed by atoms with Gasteiger partial charge in [-0.05, 0) is 36.4 Å². The summed E-state index contributed by atoms with van der Waals surface area (Å²) in [5.74, 6) is 0.879. The van der Waals surface area contributed by atoms with Crippen molar-refractivity contribution in [3.63, 3.8) is 0 Å². The molecule has 3 aromatic rings. The van der Waals surface area contributed by atoms with Crippen molar-refractivity contribution in [3.8, 4) is 5.75 Å². The van der Waals surface area contributed by atoms with Crippen molar-refractivity contribution in [2.24, 2.45) is 14.1 Å². The highest BCUT2D eigenvalue weighted by molar-refractivity contribution is 5.76. The molecular weight excluding hydrogens is 290 g/mol. The zero-order valence-electron chi connectivity index (χ0n) is 13.7. The molecule has 0 bridgehead atoms. The second-order valence-corrected chi connectivity index (χ2v) is 5.77. The monoisotopic (exact) mass is 312 g/mol. The van der Waals surface area contributed by atoms with Crippen molar-refractivity contribution in [2.45, 2.75) is 13.1 Å². The minimum Gasteiger partial charge on any atom is -0.497 e. The van der Waals surface area contributed by atoms with Gasteiger partial charge in [-0.3, -0.25) is 9.13 Å². The Balaban J connectivity index is 1.69. The van der Waals surface area contributed by atoms with Gasteiger partial charge in [-0.25, -0.2) is 4.79 Å². The standard InChI is InChI=1S/C18H21N3O2/c1-20-16-9-6-14(10-17(16)21(2)18(20)22)12-19-11-13-4-7-15(23-3)8-5-13/h4-10,19H,11-12H2,1-3H3/p+1. The average Bonchev–Trinajstić information content (AvgIpc) is 2.80. The van der Waals surface area contributed by atoms with Crippen molar-refractivity contribution >= 4 is 11.0 Å². The number of benzene rings is 2. The molecule has 0 saturated carbocycles. The maximum absolute atomic E-state index is 12.0. The number of fused-ring (bicyclic) bond motifs is 1. The summed E-state index contributed by atoms with van der Waals surface area (Å²) in [6.45, 7) is 1.79. The van der Waals surface area contributed by atoms with E-state index in [0.29, 0.717) is 0 Å². The summed E-state index contributed by atoms with van der Waals surface area (Å²) in [7, 11) is 5.30. The summed E-state index contributed by atoms with van der Waals surface area (Å²) in [4.78, 5) is 12.0. The first-order valence-electron chi connectivity index (χ1n) is 7.69. The topological polar surface area (TPSA) is 52.8 Å². The van der Waals surface area contributed by atoms with Crippen LogP contribution in [-0.4, -0.2) is 16.2 Å². The first kappa shape index (κ1) is 15.4. The maximum atomic E-state index is 12.0. The van der Waals surface area contributed by atoms with Crippen LogP contribution < -0.4 is 15.7 Å². The SMILES string of the molecule is COc1ccc(C[NH2+]Cc2ccc3c(c2)n(C)c(=O)n3C)cc1. The van der Waals surface area contributed by atoms with Crippen LogP contribution in [0.1, 0.15) is 11.1 Å². The summed E-state index contributed by atoms with van der Waals surface area (Å²) in [5.41, 5.74) is 4.44. The number of rotatable bonds is 5. The number of methoxy groups -OCH3 is 1. The highest BCUT2D eigenvalue weighted by atomic mass is 16.5. The van der Waals surface area contributed by atoms with Crippen molar-refractivity contribution in [3.05, 3.63) is 64.1 Å². The van der Waals surface area contributed by atoms with Gasteiger partial charge < -0.3 is 10.1 Å². The largest absolute Gasteiger partial charge is 0.497 e. The van der Waals surface area contributed by atoms with Gasteiger partial charge in [0, 0.05) is 25.2 Å². The fourth-order valence-electron chi connectivity index (χ4n) is 2.85. The lowest BCUT2D eigenvalue weighted by Gasteiger charge is -2.05. The molecule has 2 aromatic carbocycles. The molecule has 0 radical (unpaired) electrons. The Morgan fingerprint density at radius 3 is 2.22 bits per heavy atom. The van der Waals surface area contributed by atoms with E-state index in [1.165, 1.54) is 11.1 Å². The Morgan fingerprint density at radius 1 is 0.913 bits per heavy atom. The molecular formula is C18H22N3O2+. The first-order chi connectivity index (χ1) is 11.1. The van der Waals surface area contributed by atoms with Crippen LogP contribution in [0.5, 0.6) is 5.75 Å². The van der Waals surface area contributed by atoms with Crippen molar-refractivity contribution in [2.75, 3.05) is 7.11 Å². The molecule has 0 fully saturated rings. The molecule has 0 atom stereocenters. The molecule has 23 heavy (non-hydrogen) atoms. The fraction of sp³-hybridized carbons (Fsp3) is 0.278. The van der Waals surface area contributed by atoms with Gasteiger partial charge in [0.2, 0.25) is 0 Å². The van der Waals surface area contributed by atoms with E-state index >= 15 is 0 Å². The predicted molar refractivity (Wildman–Crippen MR) is 90.5 cm³/mol. The van der Waals surface area contributed by atoms with Gasteiger partial charge in [-0.15, -0.1) is 0 Å². The molecule has 0 spiro atoms. The molecule has 5 heteroatoms. The summed E-state index contributed by atoms with van der Waals surface area (Å²) in [6, 6.07) is 14.3. The molecule has 0 aliphatic rings. The number of aryl methyl sites for hydroxylation is 2. The van der Waals surface area contributed by atoms with Gasteiger partial charge >= 0.3 is 5.69 Å². The lowest BCUT2D eigenvalue weighted by molar-refractivity contribution is -0.686. The van der Waals surface area contributed by atoms with Gasteiger partial charge in [0.25, 0.3) is 0 Å². The van der Waals surface area contributed by atoms with Crippen molar-refractivity contribution in [1.82, 2.24) is 9.13 Å². The Labute approximate surface area is 135 Å². The number of nitrogens with two attached hydrogens (primary N) is 1. The van der Waals surface area contributed by atoms with E-state index in [1.54, 1.807) is 23.3 Å². The Bertz CT molecular complexity index is 876. The van der Waals surface area contributed by atoms with Gasteiger partial charge in [0.05, 0.1) is 18.1 Å². The number of aromatic nitrogens is 2. The van der Waals surface area contributed by atoms with Gasteiger partial charge in [-0.1, -0.05) is 6.07 Å². The molecule has 5 nitrogen and oxygen atoms in total. The second-order valence-electron chi connectivity index (χ2n) is 5.77. The third kappa shape index (κ3) is 3.00. The number of hydrogen-bond acceptors (Lipinski definition) is 2. The first-order valence-corrected chi connectivity index (χ1v) is 7.69. The molecule has 0 aliphatic heterocycles. The summed E-state index contributed by atoms with van der Waals surface area (Å²) in [5, 5.41) is 2.25. The predicted octanol–water partition coefficient (Wildman–Crippen LogP) is 1.15. The van der Waals surface area contributed by atoms with Crippen LogP contribution in [0.4, 0.5) is 0 Å². The van der Waals surface area contributed by atoms with Gasteiger partial charge in [0.15, 0.2) is 0 Å². The lowest BCUT2D eigenvalue weighted by atomic mass is 10.1. The average molecular weight is 312 g/mol. The molecule has 120 valence electrons. The lowest BCUT2D eigenvalue weighted by Crippen LogP contribution is -2.80. The van der Waals surface area contributed by atoms with Crippen LogP contribution in [0.15, 0.2) is 47.3 Å². The smallest absolute Gasteiger partial charge is 0.328 e. The molecule has 1 heterocycles. The quantitative estimate of drug-likeness (QED) is 0.768. The fourth-order valence-corrected chi connectivity index (χ4v) is 2.85. The third-order valence-corrected chi connectivity index (χ3v) is 4.26. The summed E-state index contributed by atoms with van der Waals surface area (Å²) < 4.78 is 8.54. The van der Waals surface area contributed by atoms with Crippen LogP contribution in [-0.2, 0) is 27.2 Å². The van der Waals surface area contributed by atoms with E-state index in [2.05, 4.69) is 29.6 Å². The zero-order chi connectivity index (χ0) is 16.4. The van der Waals surface area contributed by atoms with Crippen LogP contribution in [0.3, 0.4) is 0 Å². The molecule has 0 saturated heterocycles. The normalized spacial score (nSPS) is 11.1. The molecule has 1 aromatic heterocycles. The number of nitrogens with zero attached hydrogens (tertiary/aromatic N) is 2. The number of quaternary nitrogens is 1.